The molecule has 3 rings (SSSR count). The fraction of sp³-hybridized carbons (Fsp3) is 0.385. The molecule has 2 aromatic rings. The summed E-state index contributed by atoms with van der Waals surface area (Å²) in [5.74, 6) is 2.01. The van der Waals surface area contributed by atoms with Gasteiger partial charge in [0.25, 0.3) is 0 Å². The minimum absolute atomic E-state index is 0.385. The Hall–Kier alpha value is -1.64. The van der Waals surface area contributed by atoms with Gasteiger partial charge in [0.15, 0.2) is 0 Å². The van der Waals surface area contributed by atoms with Gasteiger partial charge in [-0.3, -0.25) is 0 Å². The van der Waals surface area contributed by atoms with Crippen molar-refractivity contribution in [3.05, 3.63) is 47.0 Å². The molecule has 1 aromatic carbocycles. The van der Waals surface area contributed by atoms with Crippen LogP contribution in [0.1, 0.15) is 35.2 Å². The van der Waals surface area contributed by atoms with Crippen LogP contribution < -0.4 is 0 Å². The van der Waals surface area contributed by atoms with Crippen molar-refractivity contribution in [3.8, 4) is 0 Å². The lowest BCUT2D eigenvalue weighted by atomic mass is 10.0. The Kier molecular flexibility index (Phi) is 2.06. The average molecular weight is 213 g/mol. The van der Waals surface area contributed by atoms with Crippen LogP contribution in [0.3, 0.4) is 0 Å². The highest BCUT2D eigenvalue weighted by atomic mass is 15.4. The van der Waals surface area contributed by atoms with Gasteiger partial charge in [-0.05, 0) is 25.8 Å². The van der Waals surface area contributed by atoms with Gasteiger partial charge >= 0.3 is 0 Å². The van der Waals surface area contributed by atoms with E-state index in [1.54, 1.807) is 0 Å². The number of aryl methyl sites for hydroxylation is 3. The molecule has 0 saturated heterocycles. The molecule has 3 nitrogen and oxygen atoms in total. The van der Waals surface area contributed by atoms with E-state index in [1.807, 2.05) is 6.92 Å². The number of fused-ring (bicyclic) bond motifs is 1. The molecule has 0 spiro atoms. The van der Waals surface area contributed by atoms with Crippen LogP contribution in [-0.2, 0) is 6.42 Å². The molecule has 0 amide bonds. The molecular weight excluding hydrogens is 198 g/mol. The summed E-state index contributed by atoms with van der Waals surface area (Å²) in [6.45, 7) is 4.09. The van der Waals surface area contributed by atoms with Crippen molar-refractivity contribution in [1.82, 2.24) is 14.8 Å². The summed E-state index contributed by atoms with van der Waals surface area (Å²) in [5.41, 5.74) is 2.66. The van der Waals surface area contributed by atoms with Crippen LogP contribution in [0, 0.1) is 13.8 Å². The van der Waals surface area contributed by atoms with E-state index in [9.17, 15) is 0 Å². The predicted octanol–water partition coefficient (Wildman–Crippen LogP) is 2.43. The van der Waals surface area contributed by atoms with Gasteiger partial charge in [-0.1, -0.05) is 29.8 Å². The minimum atomic E-state index is 0.385. The standard InChI is InChI=1S/C13H15N3/c1-9-4-3-5-11(8-9)12-6-7-13-14-10(2)15-16(12)13/h3-5,8,12H,6-7H2,1-2H3. The maximum Gasteiger partial charge on any atom is 0.147 e. The third kappa shape index (κ3) is 1.43. The molecule has 0 fully saturated rings. The number of hydrogen-bond donors (Lipinski definition) is 0. The van der Waals surface area contributed by atoms with Crippen LogP contribution in [0.2, 0.25) is 0 Å². The summed E-state index contributed by atoms with van der Waals surface area (Å²) in [6, 6.07) is 9.06. The van der Waals surface area contributed by atoms with Gasteiger partial charge < -0.3 is 0 Å². The maximum absolute atomic E-state index is 4.48. The maximum atomic E-state index is 4.48. The fourth-order valence-corrected chi connectivity index (χ4v) is 2.47. The first-order valence-electron chi connectivity index (χ1n) is 5.72. The second-order valence-electron chi connectivity index (χ2n) is 4.49. The normalized spacial score (nSPS) is 18.8. The molecule has 2 heterocycles. The van der Waals surface area contributed by atoms with E-state index in [-0.39, 0.29) is 0 Å². The van der Waals surface area contributed by atoms with Crippen molar-refractivity contribution in [1.29, 1.82) is 0 Å². The molecule has 1 aliphatic rings. The number of nitrogens with zero attached hydrogens (tertiary/aromatic N) is 3. The Morgan fingerprint density at radius 3 is 3.00 bits per heavy atom. The number of hydrogen-bond acceptors (Lipinski definition) is 2. The van der Waals surface area contributed by atoms with Crippen LogP contribution in [0.25, 0.3) is 0 Å². The van der Waals surface area contributed by atoms with Crippen LogP contribution in [0.4, 0.5) is 0 Å². The van der Waals surface area contributed by atoms with E-state index < -0.39 is 0 Å². The Morgan fingerprint density at radius 1 is 1.31 bits per heavy atom. The number of benzene rings is 1. The van der Waals surface area contributed by atoms with Gasteiger partial charge in [-0.25, -0.2) is 9.67 Å². The smallest absolute Gasteiger partial charge is 0.147 e. The van der Waals surface area contributed by atoms with E-state index in [0.29, 0.717) is 6.04 Å². The molecule has 1 atom stereocenters. The summed E-state index contributed by atoms with van der Waals surface area (Å²) >= 11 is 0. The van der Waals surface area contributed by atoms with Gasteiger partial charge in [0.1, 0.15) is 11.6 Å². The molecule has 16 heavy (non-hydrogen) atoms. The van der Waals surface area contributed by atoms with Gasteiger partial charge in [0.05, 0.1) is 6.04 Å². The first kappa shape index (κ1) is 9.58. The van der Waals surface area contributed by atoms with Crippen molar-refractivity contribution in [2.75, 3.05) is 0 Å². The summed E-state index contributed by atoms with van der Waals surface area (Å²) < 4.78 is 2.09. The van der Waals surface area contributed by atoms with Gasteiger partial charge in [0.2, 0.25) is 0 Å². The SMILES string of the molecule is Cc1cccc(C2CCc3nc(C)nn32)c1. The summed E-state index contributed by atoms with van der Waals surface area (Å²) in [7, 11) is 0. The van der Waals surface area contributed by atoms with Gasteiger partial charge in [0, 0.05) is 6.42 Å². The van der Waals surface area contributed by atoms with E-state index >= 15 is 0 Å². The zero-order chi connectivity index (χ0) is 11.1. The van der Waals surface area contributed by atoms with E-state index in [4.69, 9.17) is 0 Å². The fourth-order valence-electron chi connectivity index (χ4n) is 2.47. The van der Waals surface area contributed by atoms with Crippen molar-refractivity contribution < 1.29 is 0 Å². The average Bonchev–Trinajstić information content (AvgIpc) is 2.76. The van der Waals surface area contributed by atoms with Crippen LogP contribution in [-0.4, -0.2) is 14.8 Å². The van der Waals surface area contributed by atoms with Crippen molar-refractivity contribution >= 4 is 0 Å². The lowest BCUT2D eigenvalue weighted by molar-refractivity contribution is 0.551. The highest BCUT2D eigenvalue weighted by molar-refractivity contribution is 5.27. The third-order valence-electron chi connectivity index (χ3n) is 3.17. The third-order valence-corrected chi connectivity index (χ3v) is 3.17. The molecule has 0 radical (unpaired) electrons. The number of rotatable bonds is 1. The van der Waals surface area contributed by atoms with E-state index in [0.717, 1.165) is 24.5 Å². The topological polar surface area (TPSA) is 30.7 Å². The largest absolute Gasteiger partial charge is 0.242 e. The van der Waals surface area contributed by atoms with Crippen molar-refractivity contribution in [2.45, 2.75) is 32.7 Å². The lowest BCUT2D eigenvalue weighted by Gasteiger charge is -2.12. The molecule has 0 aliphatic carbocycles. The summed E-state index contributed by atoms with van der Waals surface area (Å²) in [6.07, 6.45) is 2.17. The van der Waals surface area contributed by atoms with Crippen LogP contribution in [0.15, 0.2) is 24.3 Å². The molecular formula is C13H15N3. The quantitative estimate of drug-likeness (QED) is 0.728. The highest BCUT2D eigenvalue weighted by Crippen LogP contribution is 2.30. The molecule has 0 saturated carbocycles. The second-order valence-corrected chi connectivity index (χ2v) is 4.49. The zero-order valence-corrected chi connectivity index (χ0v) is 9.64. The predicted molar refractivity (Wildman–Crippen MR) is 62.4 cm³/mol. The molecule has 0 N–H and O–H groups in total. The first-order chi connectivity index (χ1) is 7.74. The Labute approximate surface area is 95.1 Å². The summed E-state index contributed by atoms with van der Waals surface area (Å²) in [4.78, 5) is 4.44. The van der Waals surface area contributed by atoms with Crippen LogP contribution in [0.5, 0.6) is 0 Å². The van der Waals surface area contributed by atoms with E-state index in [1.165, 1.54) is 11.1 Å². The van der Waals surface area contributed by atoms with E-state index in [2.05, 4.69) is 46.0 Å². The Bertz CT molecular complexity index is 528. The Balaban J connectivity index is 2.03. The number of aromatic nitrogens is 3. The molecule has 0 bridgehead atoms. The molecule has 1 aromatic heterocycles. The highest BCUT2D eigenvalue weighted by Gasteiger charge is 2.25. The minimum Gasteiger partial charge on any atom is -0.242 e. The van der Waals surface area contributed by atoms with Crippen molar-refractivity contribution in [2.24, 2.45) is 0 Å². The zero-order valence-electron chi connectivity index (χ0n) is 9.64. The van der Waals surface area contributed by atoms with Gasteiger partial charge in [-0.15, -0.1) is 0 Å². The lowest BCUT2D eigenvalue weighted by Crippen LogP contribution is -2.07. The van der Waals surface area contributed by atoms with Crippen LogP contribution >= 0.6 is 0 Å². The molecule has 1 unspecified atom stereocenters. The second kappa shape index (κ2) is 3.44. The van der Waals surface area contributed by atoms with Gasteiger partial charge in [-0.2, -0.15) is 5.10 Å². The molecule has 3 heteroatoms. The first-order valence-corrected chi connectivity index (χ1v) is 5.72. The molecule has 1 aliphatic heterocycles. The monoisotopic (exact) mass is 213 g/mol. The summed E-state index contributed by atoms with van der Waals surface area (Å²) in [5, 5.41) is 4.48. The van der Waals surface area contributed by atoms with Crippen molar-refractivity contribution in [3.63, 3.8) is 0 Å². The molecule has 82 valence electrons. The Morgan fingerprint density at radius 2 is 2.19 bits per heavy atom.